The van der Waals surface area contributed by atoms with Crippen LogP contribution >= 0.6 is 23.2 Å². The van der Waals surface area contributed by atoms with E-state index in [2.05, 4.69) is 9.88 Å². The molecule has 3 heterocycles. The number of aryl methyl sites for hydroxylation is 2. The number of hydrogen-bond acceptors (Lipinski definition) is 4. The van der Waals surface area contributed by atoms with E-state index in [1.807, 2.05) is 19.9 Å². The van der Waals surface area contributed by atoms with Crippen LogP contribution in [0.3, 0.4) is 0 Å². The fourth-order valence-electron chi connectivity index (χ4n) is 4.78. The van der Waals surface area contributed by atoms with Gasteiger partial charge in [0.05, 0.1) is 29.8 Å². The number of carbonyl (C=O) groups excluding carboxylic acids is 1. The Labute approximate surface area is 191 Å². The lowest BCUT2D eigenvalue weighted by molar-refractivity contribution is 0.0725. The molecule has 166 valence electrons. The van der Waals surface area contributed by atoms with E-state index in [1.54, 1.807) is 11.0 Å². The number of fused-ring (bicyclic) bond motifs is 1. The van der Waals surface area contributed by atoms with Gasteiger partial charge in [-0.3, -0.25) is 14.5 Å². The fraction of sp³-hybridized carbons (Fsp3) is 0.478. The molecule has 8 heteroatoms. The zero-order valence-electron chi connectivity index (χ0n) is 17.8. The van der Waals surface area contributed by atoms with Gasteiger partial charge in [0.2, 0.25) is 0 Å². The first kappa shape index (κ1) is 22.3. The Morgan fingerprint density at radius 1 is 1.13 bits per heavy atom. The molecule has 0 spiro atoms. The molecule has 2 N–H and O–H groups in total. The highest BCUT2D eigenvalue weighted by atomic mass is 35.5. The lowest BCUT2D eigenvalue weighted by Gasteiger charge is -2.33. The Morgan fingerprint density at radius 3 is 2.48 bits per heavy atom. The summed E-state index contributed by atoms with van der Waals surface area (Å²) in [7, 11) is 0. The number of halogens is 2. The van der Waals surface area contributed by atoms with Gasteiger partial charge < -0.3 is 15.0 Å². The van der Waals surface area contributed by atoms with E-state index >= 15 is 0 Å². The normalized spacial score (nSPS) is 17.8. The summed E-state index contributed by atoms with van der Waals surface area (Å²) in [6, 6.07) is 3.42. The summed E-state index contributed by atoms with van der Waals surface area (Å²) in [6.07, 6.45) is 2.71. The predicted molar refractivity (Wildman–Crippen MR) is 122 cm³/mol. The molecule has 2 aliphatic rings. The molecular weight excluding hydrogens is 437 g/mol. The van der Waals surface area contributed by atoms with E-state index in [1.165, 1.54) is 0 Å². The summed E-state index contributed by atoms with van der Waals surface area (Å²) in [6.45, 7) is 6.06. The molecule has 1 saturated heterocycles. The van der Waals surface area contributed by atoms with E-state index in [-0.39, 0.29) is 30.7 Å². The number of nitrogens with one attached hydrogen (secondary N) is 1. The van der Waals surface area contributed by atoms with Gasteiger partial charge in [-0.05, 0) is 75.0 Å². The van der Waals surface area contributed by atoms with Crippen molar-refractivity contribution < 1.29 is 9.90 Å². The molecule has 0 bridgehead atoms. The molecule has 6 nitrogen and oxygen atoms in total. The van der Waals surface area contributed by atoms with Crippen molar-refractivity contribution in [1.29, 1.82) is 0 Å². The minimum Gasteiger partial charge on any atom is -0.394 e. The fourth-order valence-corrected chi connectivity index (χ4v) is 5.46. The summed E-state index contributed by atoms with van der Waals surface area (Å²) < 4.78 is 0. The van der Waals surface area contributed by atoms with Crippen molar-refractivity contribution >= 4 is 29.1 Å². The number of aliphatic hydroxyl groups excluding tert-OH is 1. The van der Waals surface area contributed by atoms with Gasteiger partial charge in [-0.25, -0.2) is 0 Å². The van der Waals surface area contributed by atoms with E-state index in [9.17, 15) is 14.7 Å². The van der Waals surface area contributed by atoms with Crippen LogP contribution in [0.4, 0.5) is 0 Å². The topological polar surface area (TPSA) is 76.6 Å². The molecule has 0 aliphatic carbocycles. The van der Waals surface area contributed by atoms with Crippen molar-refractivity contribution in [2.24, 2.45) is 0 Å². The Balaban J connectivity index is 1.71. The van der Waals surface area contributed by atoms with Gasteiger partial charge in [-0.15, -0.1) is 0 Å². The number of aliphatic hydroxyl groups is 1. The molecule has 31 heavy (non-hydrogen) atoms. The van der Waals surface area contributed by atoms with Crippen molar-refractivity contribution in [2.75, 3.05) is 26.2 Å². The van der Waals surface area contributed by atoms with Gasteiger partial charge in [0.25, 0.3) is 11.5 Å². The molecule has 1 unspecified atom stereocenters. The molecule has 0 saturated carbocycles. The van der Waals surface area contributed by atoms with Crippen LogP contribution < -0.4 is 5.56 Å². The van der Waals surface area contributed by atoms with Crippen LogP contribution in [-0.2, 0) is 13.0 Å². The third-order valence-electron chi connectivity index (χ3n) is 6.43. The highest BCUT2D eigenvalue weighted by molar-refractivity contribution is 6.37. The number of aromatic nitrogens is 1. The third kappa shape index (κ3) is 4.14. The van der Waals surface area contributed by atoms with Gasteiger partial charge in [-0.1, -0.05) is 23.2 Å². The second-order valence-corrected chi connectivity index (χ2v) is 9.26. The summed E-state index contributed by atoms with van der Waals surface area (Å²) in [5.74, 6) is -0.229. The second-order valence-electron chi connectivity index (χ2n) is 8.48. The molecule has 0 radical (unpaired) electrons. The van der Waals surface area contributed by atoms with Crippen LogP contribution in [0.2, 0.25) is 10.0 Å². The SMILES string of the molecule is Cc1cc(C)c(CN2CCc3c(Cl)cc(C(CO)N4CCCC4)c(Cl)c3C2=O)c(=O)[nH]1. The zero-order valence-corrected chi connectivity index (χ0v) is 19.3. The van der Waals surface area contributed by atoms with Gasteiger partial charge in [0.1, 0.15) is 0 Å². The molecule has 2 aliphatic heterocycles. The lowest BCUT2D eigenvalue weighted by Crippen LogP contribution is -2.39. The number of rotatable bonds is 5. The molecular formula is C23H27Cl2N3O3. The monoisotopic (exact) mass is 463 g/mol. The minimum absolute atomic E-state index is 0.0926. The number of amides is 1. The third-order valence-corrected chi connectivity index (χ3v) is 7.18. The summed E-state index contributed by atoms with van der Waals surface area (Å²) >= 11 is 13.4. The molecule has 4 rings (SSSR count). The van der Waals surface area contributed by atoms with E-state index in [4.69, 9.17) is 23.2 Å². The minimum atomic E-state index is -0.289. The van der Waals surface area contributed by atoms with Gasteiger partial charge in [0.15, 0.2) is 0 Å². The second kappa shape index (κ2) is 8.94. The number of aromatic amines is 1. The highest BCUT2D eigenvalue weighted by Gasteiger charge is 2.34. The Hall–Kier alpha value is -1.86. The van der Waals surface area contributed by atoms with Crippen LogP contribution in [0.15, 0.2) is 16.9 Å². The van der Waals surface area contributed by atoms with Gasteiger partial charge in [-0.2, -0.15) is 0 Å². The molecule has 1 fully saturated rings. The summed E-state index contributed by atoms with van der Waals surface area (Å²) in [5.41, 5.74) is 3.87. The van der Waals surface area contributed by atoms with Crippen LogP contribution in [0.1, 0.15) is 57.2 Å². The quantitative estimate of drug-likeness (QED) is 0.709. The van der Waals surface area contributed by atoms with Crippen molar-refractivity contribution in [1.82, 2.24) is 14.8 Å². The largest absolute Gasteiger partial charge is 0.394 e. The Kier molecular flexibility index (Phi) is 6.44. The predicted octanol–water partition coefficient (Wildman–Crippen LogP) is 3.63. The number of nitrogens with zero attached hydrogens (tertiary/aromatic N) is 2. The molecule has 1 amide bonds. The number of carbonyl (C=O) groups is 1. The standard InChI is InChI=1S/C23H27Cl2N3O3/c1-13-9-14(2)26-22(30)17(13)11-28-8-5-15-18(24)10-16(21(25)20(15)23(28)31)19(12-29)27-6-3-4-7-27/h9-10,19,29H,3-8,11-12H2,1-2H3,(H,26,30). The first-order valence-electron chi connectivity index (χ1n) is 10.7. The first-order valence-corrected chi connectivity index (χ1v) is 11.4. The van der Waals surface area contributed by atoms with Crippen molar-refractivity contribution in [2.45, 2.75) is 45.7 Å². The number of benzene rings is 1. The van der Waals surface area contributed by atoms with E-state index in [0.717, 1.165) is 42.8 Å². The highest BCUT2D eigenvalue weighted by Crippen LogP contribution is 2.39. The van der Waals surface area contributed by atoms with Crippen LogP contribution in [0.25, 0.3) is 0 Å². The lowest BCUT2D eigenvalue weighted by atomic mass is 9.93. The van der Waals surface area contributed by atoms with Crippen molar-refractivity contribution in [3.63, 3.8) is 0 Å². The van der Waals surface area contributed by atoms with Gasteiger partial charge in [0, 0.05) is 22.8 Å². The molecule has 1 aromatic heterocycles. The zero-order chi connectivity index (χ0) is 22.3. The summed E-state index contributed by atoms with van der Waals surface area (Å²) in [4.78, 5) is 32.6. The average molecular weight is 464 g/mol. The maximum Gasteiger partial charge on any atom is 0.256 e. The van der Waals surface area contributed by atoms with Crippen LogP contribution in [0, 0.1) is 13.8 Å². The maximum absolute atomic E-state index is 13.5. The van der Waals surface area contributed by atoms with E-state index < -0.39 is 0 Å². The Morgan fingerprint density at radius 2 is 1.84 bits per heavy atom. The van der Waals surface area contributed by atoms with Crippen molar-refractivity contribution in [3.8, 4) is 0 Å². The smallest absolute Gasteiger partial charge is 0.256 e. The first-order chi connectivity index (χ1) is 14.8. The average Bonchev–Trinajstić information content (AvgIpc) is 3.24. The number of H-pyrrole nitrogens is 1. The molecule has 2 aromatic rings. The summed E-state index contributed by atoms with van der Waals surface area (Å²) in [5, 5.41) is 10.9. The van der Waals surface area contributed by atoms with E-state index in [0.29, 0.717) is 39.7 Å². The van der Waals surface area contributed by atoms with Gasteiger partial charge >= 0.3 is 0 Å². The van der Waals surface area contributed by atoms with Crippen LogP contribution in [0.5, 0.6) is 0 Å². The number of likely N-dealkylation sites (tertiary alicyclic amines) is 1. The molecule has 1 atom stereocenters. The van der Waals surface area contributed by atoms with Crippen molar-refractivity contribution in [3.05, 3.63) is 66.0 Å². The Bertz CT molecular complexity index is 1080. The number of pyridine rings is 1. The molecule has 1 aromatic carbocycles. The number of hydrogen-bond donors (Lipinski definition) is 2. The van der Waals surface area contributed by atoms with Crippen LogP contribution in [-0.4, -0.2) is 52.0 Å². The maximum atomic E-state index is 13.5.